The summed E-state index contributed by atoms with van der Waals surface area (Å²) in [5, 5.41) is 0. The molecule has 0 radical (unpaired) electrons. The molecule has 1 aromatic carbocycles. The van der Waals surface area contributed by atoms with Gasteiger partial charge in [0, 0.05) is 24.1 Å². The fourth-order valence-corrected chi connectivity index (χ4v) is 2.21. The Labute approximate surface area is 98.4 Å². The van der Waals surface area contributed by atoms with Crippen LogP contribution < -0.4 is 0 Å². The Balaban J connectivity index is 2.33. The molecule has 1 aromatic rings. The van der Waals surface area contributed by atoms with E-state index in [4.69, 9.17) is 0 Å². The Kier molecular flexibility index (Phi) is 2.83. The lowest BCUT2D eigenvalue weighted by Crippen LogP contribution is -2.21. The molecular weight excluding hydrogens is 254 g/mol. The largest absolute Gasteiger partial charge is 0.345 e. The number of amides is 1. The third-order valence-corrected chi connectivity index (χ3v) is 3.39. The zero-order valence-electron chi connectivity index (χ0n) is 8.96. The van der Waals surface area contributed by atoms with Gasteiger partial charge in [-0.25, -0.2) is 0 Å². The average molecular weight is 268 g/mol. The molecular formula is C12H14BrNO. The van der Waals surface area contributed by atoms with Gasteiger partial charge in [0.25, 0.3) is 5.91 Å². The van der Waals surface area contributed by atoms with E-state index in [1.807, 2.05) is 18.2 Å². The van der Waals surface area contributed by atoms with Gasteiger partial charge in [-0.2, -0.15) is 0 Å². The highest BCUT2D eigenvalue weighted by Crippen LogP contribution is 2.43. The van der Waals surface area contributed by atoms with Gasteiger partial charge in [0.2, 0.25) is 0 Å². The van der Waals surface area contributed by atoms with Crippen LogP contribution in [0.15, 0.2) is 22.7 Å². The second kappa shape index (κ2) is 3.97. The Morgan fingerprint density at radius 2 is 2.07 bits per heavy atom. The van der Waals surface area contributed by atoms with Crippen LogP contribution in [0.1, 0.15) is 34.7 Å². The summed E-state index contributed by atoms with van der Waals surface area (Å²) < 4.78 is 1.13. The minimum atomic E-state index is 0.0735. The van der Waals surface area contributed by atoms with Gasteiger partial charge in [-0.1, -0.05) is 15.9 Å². The predicted octanol–water partition coefficient (Wildman–Crippen LogP) is 3.03. The third kappa shape index (κ3) is 2.23. The van der Waals surface area contributed by atoms with Crippen molar-refractivity contribution in [2.45, 2.75) is 18.8 Å². The average Bonchev–Trinajstić information content (AvgIpc) is 3.01. The van der Waals surface area contributed by atoms with Crippen LogP contribution in [0.3, 0.4) is 0 Å². The molecule has 2 rings (SSSR count). The van der Waals surface area contributed by atoms with Crippen LogP contribution in [-0.2, 0) is 0 Å². The maximum absolute atomic E-state index is 11.8. The van der Waals surface area contributed by atoms with Gasteiger partial charge in [-0.3, -0.25) is 4.79 Å². The molecule has 80 valence electrons. The van der Waals surface area contributed by atoms with E-state index in [-0.39, 0.29) is 5.91 Å². The summed E-state index contributed by atoms with van der Waals surface area (Å²) in [6.45, 7) is 0. The van der Waals surface area contributed by atoms with Gasteiger partial charge in [-0.15, -0.1) is 0 Å². The molecule has 3 heteroatoms. The van der Waals surface area contributed by atoms with Crippen LogP contribution in [-0.4, -0.2) is 24.9 Å². The van der Waals surface area contributed by atoms with Crippen molar-refractivity contribution < 1.29 is 4.79 Å². The number of carbonyl (C=O) groups excluding carboxylic acids is 1. The normalized spacial score (nSPS) is 15.1. The zero-order valence-corrected chi connectivity index (χ0v) is 10.5. The minimum absolute atomic E-state index is 0.0735. The van der Waals surface area contributed by atoms with Crippen molar-refractivity contribution in [2.24, 2.45) is 0 Å². The highest BCUT2D eigenvalue weighted by atomic mass is 79.9. The maximum atomic E-state index is 11.8. The maximum Gasteiger partial charge on any atom is 0.253 e. The van der Waals surface area contributed by atoms with E-state index in [2.05, 4.69) is 15.9 Å². The van der Waals surface area contributed by atoms with Crippen molar-refractivity contribution in [3.05, 3.63) is 33.8 Å². The first kappa shape index (κ1) is 10.7. The van der Waals surface area contributed by atoms with Gasteiger partial charge in [0.15, 0.2) is 0 Å². The first-order valence-electron chi connectivity index (χ1n) is 5.10. The molecule has 0 N–H and O–H groups in total. The van der Waals surface area contributed by atoms with Gasteiger partial charge in [-0.05, 0) is 42.5 Å². The molecule has 2 nitrogen and oxygen atoms in total. The molecule has 1 saturated carbocycles. The van der Waals surface area contributed by atoms with Crippen molar-refractivity contribution in [2.75, 3.05) is 14.1 Å². The van der Waals surface area contributed by atoms with E-state index >= 15 is 0 Å². The third-order valence-electron chi connectivity index (χ3n) is 2.67. The quantitative estimate of drug-likeness (QED) is 0.807. The van der Waals surface area contributed by atoms with Crippen LogP contribution in [0, 0.1) is 0 Å². The Morgan fingerprint density at radius 3 is 2.60 bits per heavy atom. The zero-order chi connectivity index (χ0) is 11.0. The van der Waals surface area contributed by atoms with Crippen LogP contribution in [0.2, 0.25) is 0 Å². The smallest absolute Gasteiger partial charge is 0.253 e. The molecule has 15 heavy (non-hydrogen) atoms. The molecule has 0 aromatic heterocycles. The number of hydrogen-bond acceptors (Lipinski definition) is 1. The first-order chi connectivity index (χ1) is 7.09. The fraction of sp³-hybridized carbons (Fsp3) is 0.417. The predicted molar refractivity (Wildman–Crippen MR) is 64.1 cm³/mol. The second-order valence-corrected chi connectivity index (χ2v) is 5.06. The number of benzene rings is 1. The number of rotatable bonds is 2. The summed E-state index contributed by atoms with van der Waals surface area (Å²) in [6.07, 6.45) is 2.50. The Morgan fingerprint density at radius 1 is 1.40 bits per heavy atom. The van der Waals surface area contributed by atoms with Gasteiger partial charge >= 0.3 is 0 Å². The van der Waals surface area contributed by atoms with Crippen molar-refractivity contribution in [3.63, 3.8) is 0 Å². The lowest BCUT2D eigenvalue weighted by molar-refractivity contribution is 0.0827. The molecule has 0 saturated heterocycles. The van der Waals surface area contributed by atoms with Crippen molar-refractivity contribution >= 4 is 21.8 Å². The highest BCUT2D eigenvalue weighted by Gasteiger charge is 2.26. The van der Waals surface area contributed by atoms with Crippen molar-refractivity contribution in [3.8, 4) is 0 Å². The summed E-state index contributed by atoms with van der Waals surface area (Å²) in [5.74, 6) is 0.735. The molecule has 0 aliphatic heterocycles. The first-order valence-corrected chi connectivity index (χ1v) is 5.90. The lowest BCUT2D eigenvalue weighted by atomic mass is 10.1. The van der Waals surface area contributed by atoms with E-state index < -0.39 is 0 Å². The molecule has 0 unspecified atom stereocenters. The van der Waals surface area contributed by atoms with E-state index in [0.29, 0.717) is 5.92 Å². The summed E-state index contributed by atoms with van der Waals surface area (Å²) in [6, 6.07) is 5.87. The van der Waals surface area contributed by atoms with E-state index in [0.717, 1.165) is 10.0 Å². The number of nitrogens with zero attached hydrogens (tertiary/aromatic N) is 1. The molecule has 0 spiro atoms. The highest BCUT2D eigenvalue weighted by molar-refractivity contribution is 9.10. The number of hydrogen-bond donors (Lipinski definition) is 0. The Bertz CT molecular complexity index is 397. The van der Waals surface area contributed by atoms with Crippen LogP contribution in [0.4, 0.5) is 0 Å². The summed E-state index contributed by atoms with van der Waals surface area (Å²) >= 11 is 3.53. The molecule has 0 atom stereocenters. The molecule has 1 amide bonds. The van der Waals surface area contributed by atoms with Crippen molar-refractivity contribution in [1.82, 2.24) is 4.90 Å². The molecule has 1 aliphatic carbocycles. The van der Waals surface area contributed by atoms with Crippen LogP contribution in [0.25, 0.3) is 0 Å². The molecule has 1 fully saturated rings. The lowest BCUT2D eigenvalue weighted by Gasteiger charge is -2.12. The fourth-order valence-electron chi connectivity index (χ4n) is 1.64. The second-order valence-electron chi connectivity index (χ2n) is 4.21. The SMILES string of the molecule is CN(C)C(=O)c1ccc(Br)c(C2CC2)c1. The van der Waals surface area contributed by atoms with Crippen molar-refractivity contribution in [1.29, 1.82) is 0 Å². The summed E-state index contributed by atoms with van der Waals surface area (Å²) in [5.41, 5.74) is 2.06. The topological polar surface area (TPSA) is 20.3 Å². The van der Waals surface area contributed by atoms with Gasteiger partial charge < -0.3 is 4.90 Å². The monoisotopic (exact) mass is 267 g/mol. The van der Waals surface area contributed by atoms with Gasteiger partial charge in [0.05, 0.1) is 0 Å². The molecule has 0 heterocycles. The molecule has 1 aliphatic rings. The Hall–Kier alpha value is -0.830. The van der Waals surface area contributed by atoms with Gasteiger partial charge in [0.1, 0.15) is 0 Å². The number of halogens is 1. The van der Waals surface area contributed by atoms with E-state index in [9.17, 15) is 4.79 Å². The summed E-state index contributed by atoms with van der Waals surface area (Å²) in [4.78, 5) is 13.4. The summed E-state index contributed by atoms with van der Waals surface area (Å²) in [7, 11) is 3.56. The van der Waals surface area contributed by atoms with E-state index in [1.54, 1.807) is 19.0 Å². The van der Waals surface area contributed by atoms with Crippen LogP contribution >= 0.6 is 15.9 Å². The van der Waals surface area contributed by atoms with E-state index in [1.165, 1.54) is 18.4 Å². The van der Waals surface area contributed by atoms with Crippen LogP contribution in [0.5, 0.6) is 0 Å². The standard InChI is InChI=1S/C12H14BrNO/c1-14(2)12(15)9-5-6-11(13)10(7-9)8-3-4-8/h5-8H,3-4H2,1-2H3. The minimum Gasteiger partial charge on any atom is -0.345 e. The number of carbonyl (C=O) groups is 1. The molecule has 0 bridgehead atoms.